The molecule has 0 aliphatic carbocycles. The number of hydrogen-bond acceptors (Lipinski definition) is 5. The van der Waals surface area contributed by atoms with Gasteiger partial charge in [0.15, 0.2) is 5.82 Å². The third-order valence-electron chi connectivity index (χ3n) is 4.80. The topological polar surface area (TPSA) is 59.1 Å². The maximum absolute atomic E-state index is 5.49. The quantitative estimate of drug-likeness (QED) is 0.903. The van der Waals surface area contributed by atoms with Crippen LogP contribution in [-0.4, -0.2) is 42.8 Å². The molecule has 5 heteroatoms. The third kappa shape index (κ3) is 3.42. The van der Waals surface area contributed by atoms with Gasteiger partial charge in [0.25, 0.3) is 0 Å². The van der Waals surface area contributed by atoms with Gasteiger partial charge in [0.05, 0.1) is 12.3 Å². The van der Waals surface area contributed by atoms with Crippen LogP contribution in [0.5, 0.6) is 0 Å². The van der Waals surface area contributed by atoms with Crippen molar-refractivity contribution in [3.63, 3.8) is 0 Å². The van der Waals surface area contributed by atoms with Gasteiger partial charge < -0.3 is 15.4 Å². The van der Waals surface area contributed by atoms with Crippen molar-refractivity contribution in [2.24, 2.45) is 5.92 Å². The number of rotatable bonds is 4. The van der Waals surface area contributed by atoms with Crippen molar-refractivity contribution in [2.45, 2.75) is 19.3 Å². The molecule has 2 aromatic rings. The first-order chi connectivity index (χ1) is 11.9. The van der Waals surface area contributed by atoms with E-state index in [0.29, 0.717) is 5.92 Å². The summed E-state index contributed by atoms with van der Waals surface area (Å²) in [6, 6.07) is 10.2. The first-order valence-electron chi connectivity index (χ1n) is 8.87. The van der Waals surface area contributed by atoms with E-state index in [-0.39, 0.29) is 0 Å². The minimum Gasteiger partial charge on any atom is -0.381 e. The summed E-state index contributed by atoms with van der Waals surface area (Å²) in [4.78, 5) is 9.74. The fraction of sp³-hybridized carbons (Fsp3) is 0.474. The predicted molar refractivity (Wildman–Crippen MR) is 95.2 cm³/mol. The van der Waals surface area contributed by atoms with Gasteiger partial charge in [-0.05, 0) is 19.4 Å². The number of ether oxygens (including phenoxy) is 1. The Balaban J connectivity index is 1.66. The van der Waals surface area contributed by atoms with E-state index in [1.807, 2.05) is 18.2 Å². The molecule has 1 fully saturated rings. The Kier molecular flexibility index (Phi) is 4.71. The summed E-state index contributed by atoms with van der Waals surface area (Å²) >= 11 is 0. The SMILES string of the molecule is c1ccc(-c2nc3c(c(NC[C@@H]4CCOC4)n2)CCNCC3)cc1. The van der Waals surface area contributed by atoms with E-state index < -0.39 is 0 Å². The standard InChI is InChI=1S/C19H24N4O/c1-2-4-15(5-3-1)18-22-17-7-10-20-9-6-16(17)19(23-18)21-12-14-8-11-24-13-14/h1-5,14,20H,6-13H2,(H,21,22,23)/t14-/m0/s1. The van der Waals surface area contributed by atoms with E-state index in [4.69, 9.17) is 14.7 Å². The molecule has 4 rings (SSSR count). The fourth-order valence-corrected chi connectivity index (χ4v) is 3.39. The average molecular weight is 324 g/mol. The largest absolute Gasteiger partial charge is 0.381 e. The number of hydrogen-bond donors (Lipinski definition) is 2. The lowest BCUT2D eigenvalue weighted by Gasteiger charge is -2.16. The van der Waals surface area contributed by atoms with Gasteiger partial charge in [-0.15, -0.1) is 0 Å². The van der Waals surface area contributed by atoms with Gasteiger partial charge in [0.1, 0.15) is 5.82 Å². The van der Waals surface area contributed by atoms with Gasteiger partial charge in [0.2, 0.25) is 0 Å². The van der Waals surface area contributed by atoms with Gasteiger partial charge in [-0.2, -0.15) is 0 Å². The molecule has 0 spiro atoms. The number of benzene rings is 1. The minimum atomic E-state index is 0.583. The minimum absolute atomic E-state index is 0.583. The molecule has 0 saturated carbocycles. The van der Waals surface area contributed by atoms with E-state index in [9.17, 15) is 0 Å². The maximum Gasteiger partial charge on any atom is 0.161 e. The van der Waals surface area contributed by atoms with Crippen LogP contribution in [0.1, 0.15) is 17.7 Å². The van der Waals surface area contributed by atoms with Gasteiger partial charge in [0, 0.05) is 43.2 Å². The molecule has 24 heavy (non-hydrogen) atoms. The lowest BCUT2D eigenvalue weighted by atomic mass is 10.1. The average Bonchev–Trinajstić information content (AvgIpc) is 3.04. The van der Waals surface area contributed by atoms with E-state index in [1.54, 1.807) is 0 Å². The Bertz CT molecular complexity index is 683. The second-order valence-electron chi connectivity index (χ2n) is 6.55. The molecule has 1 atom stereocenters. The van der Waals surface area contributed by atoms with E-state index in [0.717, 1.165) is 69.3 Å². The number of nitrogens with one attached hydrogen (secondary N) is 2. The zero-order valence-corrected chi connectivity index (χ0v) is 13.9. The second-order valence-corrected chi connectivity index (χ2v) is 6.55. The molecule has 2 N–H and O–H groups in total. The highest BCUT2D eigenvalue weighted by Gasteiger charge is 2.20. The molecule has 3 heterocycles. The smallest absolute Gasteiger partial charge is 0.161 e. The summed E-state index contributed by atoms with van der Waals surface area (Å²) in [5.41, 5.74) is 3.53. The summed E-state index contributed by atoms with van der Waals surface area (Å²) < 4.78 is 5.49. The Morgan fingerprint density at radius 1 is 1.12 bits per heavy atom. The lowest BCUT2D eigenvalue weighted by Crippen LogP contribution is -2.18. The van der Waals surface area contributed by atoms with Crippen LogP contribution >= 0.6 is 0 Å². The van der Waals surface area contributed by atoms with Crippen molar-refractivity contribution in [1.82, 2.24) is 15.3 Å². The molecular weight excluding hydrogens is 300 g/mol. The van der Waals surface area contributed by atoms with Crippen LogP contribution in [0.4, 0.5) is 5.82 Å². The van der Waals surface area contributed by atoms with Crippen molar-refractivity contribution in [3.8, 4) is 11.4 Å². The predicted octanol–water partition coefficient (Wildman–Crippen LogP) is 2.28. The Hall–Kier alpha value is -1.98. The third-order valence-corrected chi connectivity index (χ3v) is 4.80. The number of fused-ring (bicyclic) bond motifs is 1. The van der Waals surface area contributed by atoms with E-state index in [2.05, 4.69) is 22.8 Å². The van der Waals surface area contributed by atoms with Gasteiger partial charge in [-0.1, -0.05) is 30.3 Å². The maximum atomic E-state index is 5.49. The molecular formula is C19H24N4O. The fourth-order valence-electron chi connectivity index (χ4n) is 3.39. The Labute approximate surface area is 142 Å². The van der Waals surface area contributed by atoms with Crippen molar-refractivity contribution in [1.29, 1.82) is 0 Å². The Morgan fingerprint density at radius 2 is 2.00 bits per heavy atom. The van der Waals surface area contributed by atoms with Gasteiger partial charge in [-0.3, -0.25) is 0 Å². The zero-order valence-electron chi connectivity index (χ0n) is 13.9. The second kappa shape index (κ2) is 7.28. The molecule has 2 aliphatic heterocycles. The van der Waals surface area contributed by atoms with Crippen molar-refractivity contribution >= 4 is 5.82 Å². The van der Waals surface area contributed by atoms with E-state index >= 15 is 0 Å². The van der Waals surface area contributed by atoms with Crippen LogP contribution < -0.4 is 10.6 Å². The molecule has 1 aromatic heterocycles. The molecule has 126 valence electrons. The summed E-state index contributed by atoms with van der Waals surface area (Å²) in [7, 11) is 0. The summed E-state index contributed by atoms with van der Waals surface area (Å²) in [6.07, 6.45) is 3.07. The molecule has 0 amide bonds. The van der Waals surface area contributed by atoms with E-state index in [1.165, 1.54) is 11.3 Å². The van der Waals surface area contributed by atoms with Crippen molar-refractivity contribution in [2.75, 3.05) is 38.2 Å². The molecule has 2 aliphatic rings. The van der Waals surface area contributed by atoms with Crippen molar-refractivity contribution in [3.05, 3.63) is 41.6 Å². The first-order valence-corrected chi connectivity index (χ1v) is 8.87. The Morgan fingerprint density at radius 3 is 2.83 bits per heavy atom. The highest BCUT2D eigenvalue weighted by atomic mass is 16.5. The monoisotopic (exact) mass is 324 g/mol. The van der Waals surface area contributed by atoms with Crippen LogP contribution in [-0.2, 0) is 17.6 Å². The van der Waals surface area contributed by atoms with Gasteiger partial charge >= 0.3 is 0 Å². The molecule has 0 radical (unpaired) electrons. The first kappa shape index (κ1) is 15.5. The normalized spacial score (nSPS) is 20.4. The van der Waals surface area contributed by atoms with Gasteiger partial charge in [-0.25, -0.2) is 9.97 Å². The van der Waals surface area contributed by atoms with Crippen LogP contribution in [0.2, 0.25) is 0 Å². The number of nitrogens with zero attached hydrogens (tertiary/aromatic N) is 2. The molecule has 0 bridgehead atoms. The lowest BCUT2D eigenvalue weighted by molar-refractivity contribution is 0.187. The van der Waals surface area contributed by atoms with Crippen LogP contribution in [0.25, 0.3) is 11.4 Å². The molecule has 1 saturated heterocycles. The highest BCUT2D eigenvalue weighted by molar-refractivity contribution is 5.60. The molecule has 0 unspecified atom stereocenters. The number of anilines is 1. The highest BCUT2D eigenvalue weighted by Crippen LogP contribution is 2.25. The number of aromatic nitrogens is 2. The molecule has 1 aromatic carbocycles. The van der Waals surface area contributed by atoms with Crippen molar-refractivity contribution < 1.29 is 4.74 Å². The zero-order chi connectivity index (χ0) is 16.2. The molecule has 5 nitrogen and oxygen atoms in total. The summed E-state index contributed by atoms with van der Waals surface area (Å²) in [5, 5.41) is 7.06. The van der Waals surface area contributed by atoms with Crippen LogP contribution in [0.15, 0.2) is 30.3 Å². The van der Waals surface area contributed by atoms with Crippen LogP contribution in [0, 0.1) is 5.92 Å². The summed E-state index contributed by atoms with van der Waals surface area (Å²) in [6.45, 7) is 4.63. The summed E-state index contributed by atoms with van der Waals surface area (Å²) in [5.74, 6) is 2.41. The van der Waals surface area contributed by atoms with Crippen LogP contribution in [0.3, 0.4) is 0 Å².